The molecule has 0 saturated carbocycles. The van der Waals surface area contributed by atoms with Crippen molar-refractivity contribution in [3.05, 3.63) is 29.6 Å². The van der Waals surface area contributed by atoms with Gasteiger partial charge < -0.3 is 10.1 Å². The number of ether oxygens (including phenoxy) is 1. The Morgan fingerprint density at radius 2 is 2.06 bits per heavy atom. The molecule has 0 aliphatic heterocycles. The zero-order chi connectivity index (χ0) is 13.5. The fourth-order valence-electron chi connectivity index (χ4n) is 1.95. The fourth-order valence-corrected chi connectivity index (χ4v) is 1.95. The summed E-state index contributed by atoms with van der Waals surface area (Å²) in [6, 6.07) is 4.79. The van der Waals surface area contributed by atoms with Crippen molar-refractivity contribution >= 4 is 0 Å². The molecule has 102 valence electrons. The zero-order valence-corrected chi connectivity index (χ0v) is 11.8. The second-order valence-electron chi connectivity index (χ2n) is 4.90. The summed E-state index contributed by atoms with van der Waals surface area (Å²) in [6.45, 7) is 7.02. The Morgan fingerprint density at radius 1 is 1.33 bits per heavy atom. The van der Waals surface area contributed by atoms with E-state index in [9.17, 15) is 4.39 Å². The van der Waals surface area contributed by atoms with E-state index >= 15 is 0 Å². The van der Waals surface area contributed by atoms with Crippen LogP contribution in [0.3, 0.4) is 0 Å². The molecule has 1 aromatic carbocycles. The molecule has 0 aliphatic rings. The van der Waals surface area contributed by atoms with Gasteiger partial charge in [0.2, 0.25) is 0 Å². The molecule has 2 atom stereocenters. The van der Waals surface area contributed by atoms with Gasteiger partial charge in [-0.2, -0.15) is 0 Å². The largest absolute Gasteiger partial charge is 0.493 e. The lowest BCUT2D eigenvalue weighted by Crippen LogP contribution is -2.15. The van der Waals surface area contributed by atoms with Gasteiger partial charge >= 0.3 is 0 Å². The van der Waals surface area contributed by atoms with Crippen molar-refractivity contribution in [1.29, 1.82) is 0 Å². The first-order valence-electron chi connectivity index (χ1n) is 6.68. The standard InChI is InChI=1S/C15H24FNO/c1-5-6-11(2)10-18-15-8-7-13(16)9-14(15)12(3)17-4/h7-9,11-12,17H,5-6,10H2,1-4H3. The molecule has 0 spiro atoms. The maximum atomic E-state index is 13.3. The molecular weight excluding hydrogens is 229 g/mol. The normalized spacial score (nSPS) is 14.3. The van der Waals surface area contributed by atoms with Crippen LogP contribution >= 0.6 is 0 Å². The summed E-state index contributed by atoms with van der Waals surface area (Å²) >= 11 is 0. The van der Waals surface area contributed by atoms with Gasteiger partial charge in [0.25, 0.3) is 0 Å². The van der Waals surface area contributed by atoms with Crippen molar-refractivity contribution in [2.75, 3.05) is 13.7 Å². The average molecular weight is 253 g/mol. The van der Waals surface area contributed by atoms with Crippen molar-refractivity contribution in [3.63, 3.8) is 0 Å². The molecule has 1 rings (SSSR count). The Bertz CT molecular complexity index is 368. The lowest BCUT2D eigenvalue weighted by Gasteiger charge is -2.18. The summed E-state index contributed by atoms with van der Waals surface area (Å²) in [6.07, 6.45) is 2.31. The van der Waals surface area contributed by atoms with Crippen LogP contribution in [0.1, 0.15) is 45.2 Å². The molecular formula is C15H24FNO. The molecule has 1 aromatic rings. The van der Waals surface area contributed by atoms with Crippen molar-refractivity contribution in [2.45, 2.75) is 39.7 Å². The van der Waals surface area contributed by atoms with Crippen LogP contribution in [-0.4, -0.2) is 13.7 Å². The molecule has 0 aromatic heterocycles. The minimum absolute atomic E-state index is 0.0807. The number of hydrogen-bond donors (Lipinski definition) is 1. The zero-order valence-electron chi connectivity index (χ0n) is 11.8. The number of benzene rings is 1. The summed E-state index contributed by atoms with van der Waals surface area (Å²) in [7, 11) is 1.86. The first kappa shape index (κ1) is 15.0. The highest BCUT2D eigenvalue weighted by Crippen LogP contribution is 2.26. The topological polar surface area (TPSA) is 21.3 Å². The van der Waals surface area contributed by atoms with Crippen LogP contribution in [0.25, 0.3) is 0 Å². The molecule has 0 fully saturated rings. The number of halogens is 1. The molecule has 2 nitrogen and oxygen atoms in total. The summed E-state index contributed by atoms with van der Waals surface area (Å²) in [4.78, 5) is 0. The molecule has 3 heteroatoms. The highest BCUT2D eigenvalue weighted by Gasteiger charge is 2.12. The van der Waals surface area contributed by atoms with Crippen molar-refractivity contribution in [3.8, 4) is 5.75 Å². The first-order chi connectivity index (χ1) is 8.58. The maximum Gasteiger partial charge on any atom is 0.124 e. The molecule has 1 N–H and O–H groups in total. The third-order valence-electron chi connectivity index (χ3n) is 3.18. The van der Waals surface area contributed by atoms with Gasteiger partial charge in [0.15, 0.2) is 0 Å². The average Bonchev–Trinajstić information content (AvgIpc) is 2.36. The lowest BCUT2D eigenvalue weighted by atomic mass is 10.1. The lowest BCUT2D eigenvalue weighted by molar-refractivity contribution is 0.247. The van der Waals surface area contributed by atoms with Crippen molar-refractivity contribution in [2.24, 2.45) is 5.92 Å². The van der Waals surface area contributed by atoms with Crippen molar-refractivity contribution in [1.82, 2.24) is 5.32 Å². The predicted molar refractivity (Wildman–Crippen MR) is 73.4 cm³/mol. The van der Waals surface area contributed by atoms with Gasteiger partial charge in [0.1, 0.15) is 11.6 Å². The van der Waals surface area contributed by atoms with Gasteiger partial charge in [-0.25, -0.2) is 4.39 Å². The smallest absolute Gasteiger partial charge is 0.124 e. The predicted octanol–water partition coefficient (Wildman–Crippen LogP) is 3.92. The number of rotatable bonds is 7. The van der Waals surface area contributed by atoms with E-state index < -0.39 is 0 Å². The van der Waals surface area contributed by atoms with Gasteiger partial charge in [-0.05, 0) is 44.5 Å². The third kappa shape index (κ3) is 4.30. The molecule has 0 bridgehead atoms. The number of hydrogen-bond acceptors (Lipinski definition) is 2. The molecule has 0 aliphatic carbocycles. The molecule has 0 radical (unpaired) electrons. The minimum atomic E-state index is -0.221. The SMILES string of the molecule is CCCC(C)COc1ccc(F)cc1C(C)NC. The second kappa shape index (κ2) is 7.37. The Kier molecular flexibility index (Phi) is 6.13. The van der Waals surface area contributed by atoms with Gasteiger partial charge in [-0.15, -0.1) is 0 Å². The summed E-state index contributed by atoms with van der Waals surface area (Å²) in [5.74, 6) is 1.08. The Labute approximate surface area is 110 Å². The van der Waals surface area contributed by atoms with Gasteiger partial charge in [0, 0.05) is 11.6 Å². The summed E-state index contributed by atoms with van der Waals surface area (Å²) in [5, 5.41) is 3.11. The van der Waals surface area contributed by atoms with E-state index in [0.29, 0.717) is 12.5 Å². The second-order valence-corrected chi connectivity index (χ2v) is 4.90. The van der Waals surface area contributed by atoms with Crippen molar-refractivity contribution < 1.29 is 9.13 Å². The van der Waals surface area contributed by atoms with E-state index in [-0.39, 0.29) is 11.9 Å². The van der Waals surface area contributed by atoms with Gasteiger partial charge in [-0.1, -0.05) is 20.3 Å². The fraction of sp³-hybridized carbons (Fsp3) is 0.600. The third-order valence-corrected chi connectivity index (χ3v) is 3.18. The Hall–Kier alpha value is -1.09. The van der Waals surface area contributed by atoms with Crippen LogP contribution in [0.4, 0.5) is 4.39 Å². The Balaban J connectivity index is 2.75. The van der Waals surface area contributed by atoms with E-state index in [1.807, 2.05) is 14.0 Å². The minimum Gasteiger partial charge on any atom is -0.493 e. The van der Waals surface area contributed by atoms with E-state index in [0.717, 1.165) is 24.2 Å². The Morgan fingerprint density at radius 3 is 2.67 bits per heavy atom. The summed E-state index contributed by atoms with van der Waals surface area (Å²) < 4.78 is 19.1. The van der Waals surface area contributed by atoms with Crippen LogP contribution in [0.5, 0.6) is 5.75 Å². The number of nitrogens with one attached hydrogen (secondary N) is 1. The molecule has 0 saturated heterocycles. The van der Waals surface area contributed by atoms with E-state index in [1.54, 1.807) is 12.1 Å². The first-order valence-corrected chi connectivity index (χ1v) is 6.68. The summed E-state index contributed by atoms with van der Waals surface area (Å²) in [5.41, 5.74) is 0.876. The monoisotopic (exact) mass is 253 g/mol. The highest BCUT2D eigenvalue weighted by molar-refractivity contribution is 5.36. The molecule has 0 amide bonds. The molecule has 2 unspecified atom stereocenters. The van der Waals surface area contributed by atoms with Crippen LogP contribution < -0.4 is 10.1 Å². The van der Waals surface area contributed by atoms with Crippen LogP contribution in [0.2, 0.25) is 0 Å². The van der Waals surface area contributed by atoms with E-state index in [2.05, 4.69) is 19.2 Å². The van der Waals surface area contributed by atoms with Gasteiger partial charge in [-0.3, -0.25) is 0 Å². The molecule has 18 heavy (non-hydrogen) atoms. The van der Waals surface area contributed by atoms with Crippen LogP contribution in [0.15, 0.2) is 18.2 Å². The van der Waals surface area contributed by atoms with Gasteiger partial charge in [0.05, 0.1) is 6.61 Å². The quantitative estimate of drug-likeness (QED) is 0.795. The highest BCUT2D eigenvalue weighted by atomic mass is 19.1. The maximum absolute atomic E-state index is 13.3. The van der Waals surface area contributed by atoms with Crippen LogP contribution in [-0.2, 0) is 0 Å². The van der Waals surface area contributed by atoms with E-state index in [1.165, 1.54) is 6.07 Å². The van der Waals surface area contributed by atoms with E-state index in [4.69, 9.17) is 4.74 Å². The van der Waals surface area contributed by atoms with Crippen LogP contribution in [0, 0.1) is 11.7 Å². The molecule has 0 heterocycles.